The first-order valence-corrected chi connectivity index (χ1v) is 13.7. The van der Waals surface area contributed by atoms with Gasteiger partial charge in [-0.25, -0.2) is 0 Å². The lowest BCUT2D eigenvalue weighted by molar-refractivity contribution is -0.133. The highest BCUT2D eigenvalue weighted by Crippen LogP contribution is 2.18. The Balaban J connectivity index is 1.06. The lowest BCUT2D eigenvalue weighted by Gasteiger charge is -2.36. The van der Waals surface area contributed by atoms with E-state index >= 15 is 0 Å². The summed E-state index contributed by atoms with van der Waals surface area (Å²) >= 11 is 5.90. The number of benzene rings is 2. The van der Waals surface area contributed by atoms with E-state index in [0.29, 0.717) is 35.2 Å². The van der Waals surface area contributed by atoms with Crippen molar-refractivity contribution in [2.24, 2.45) is 0 Å². The number of ether oxygens (including phenoxy) is 1. The monoisotopic (exact) mass is 511 g/mol. The first-order valence-electron chi connectivity index (χ1n) is 13.3. The van der Waals surface area contributed by atoms with Crippen LogP contribution in [0.25, 0.3) is 0 Å². The molecule has 2 heterocycles. The molecule has 0 spiro atoms. The van der Waals surface area contributed by atoms with Crippen molar-refractivity contribution >= 4 is 23.3 Å². The highest BCUT2D eigenvalue weighted by molar-refractivity contribution is 6.30. The fourth-order valence-electron chi connectivity index (χ4n) is 4.88. The second kappa shape index (κ2) is 13.8. The average Bonchev–Trinajstić information content (AvgIpc) is 2.92. The lowest BCUT2D eigenvalue weighted by Crippen LogP contribution is -2.50. The zero-order valence-corrected chi connectivity index (χ0v) is 21.9. The maximum absolute atomic E-state index is 12.6. The van der Waals surface area contributed by atoms with Crippen LogP contribution in [0.4, 0.5) is 0 Å². The van der Waals surface area contributed by atoms with Gasteiger partial charge in [0.05, 0.1) is 13.2 Å². The van der Waals surface area contributed by atoms with Crippen LogP contribution < -0.4 is 4.74 Å². The number of carbonyl (C=O) groups excluding carboxylic acids is 2. The van der Waals surface area contributed by atoms with Crippen LogP contribution in [0.3, 0.4) is 0 Å². The normalized spacial score (nSPS) is 17.2. The minimum Gasteiger partial charge on any atom is -0.494 e. The van der Waals surface area contributed by atoms with Crippen molar-refractivity contribution in [2.45, 2.75) is 38.5 Å². The van der Waals surface area contributed by atoms with Crippen LogP contribution in [-0.2, 0) is 4.79 Å². The number of carbonyl (C=O) groups is 2. The Morgan fingerprint density at radius 1 is 0.722 bits per heavy atom. The molecule has 6 nitrogen and oxygen atoms in total. The van der Waals surface area contributed by atoms with Crippen molar-refractivity contribution < 1.29 is 14.3 Å². The minimum atomic E-state index is -0.0207. The largest absolute Gasteiger partial charge is 0.494 e. The van der Waals surface area contributed by atoms with Crippen molar-refractivity contribution in [2.75, 3.05) is 59.0 Å². The van der Waals surface area contributed by atoms with Crippen LogP contribution in [0.1, 0.15) is 54.4 Å². The van der Waals surface area contributed by atoms with Crippen LogP contribution in [-0.4, -0.2) is 85.4 Å². The van der Waals surface area contributed by atoms with E-state index in [-0.39, 0.29) is 5.78 Å². The SMILES string of the molecule is O=C(c1ccc(Cl)cc1)c1ccc(OCCCCCN2CCN(CC(=O)N3CCCCC3)CC2)cc1. The van der Waals surface area contributed by atoms with Gasteiger partial charge in [-0.15, -0.1) is 0 Å². The van der Waals surface area contributed by atoms with Crippen LogP contribution in [0.5, 0.6) is 5.75 Å². The van der Waals surface area contributed by atoms with E-state index in [2.05, 4.69) is 9.80 Å². The molecule has 0 N–H and O–H groups in total. The molecule has 2 fully saturated rings. The van der Waals surface area contributed by atoms with Crippen LogP contribution >= 0.6 is 11.6 Å². The van der Waals surface area contributed by atoms with Crippen molar-refractivity contribution in [1.29, 1.82) is 0 Å². The molecule has 1 amide bonds. The molecule has 194 valence electrons. The van der Waals surface area contributed by atoms with E-state index in [1.54, 1.807) is 24.3 Å². The number of hydrogen-bond donors (Lipinski definition) is 0. The number of nitrogens with zero attached hydrogens (tertiary/aromatic N) is 3. The van der Waals surface area contributed by atoms with E-state index in [0.717, 1.165) is 83.7 Å². The van der Waals surface area contributed by atoms with Crippen LogP contribution in [0, 0.1) is 0 Å². The number of unbranched alkanes of at least 4 members (excludes halogenated alkanes) is 2. The molecule has 0 bridgehead atoms. The minimum absolute atomic E-state index is 0.0207. The number of hydrogen-bond acceptors (Lipinski definition) is 5. The first kappa shape index (κ1) is 26.6. The fourth-order valence-corrected chi connectivity index (χ4v) is 5.01. The summed E-state index contributed by atoms with van der Waals surface area (Å²) in [5.41, 5.74) is 1.26. The van der Waals surface area contributed by atoms with Crippen molar-refractivity contribution in [3.8, 4) is 5.75 Å². The Morgan fingerprint density at radius 2 is 1.33 bits per heavy atom. The molecular weight excluding hydrogens is 474 g/mol. The molecule has 0 unspecified atom stereocenters. The molecule has 2 aliphatic heterocycles. The molecule has 0 aliphatic carbocycles. The van der Waals surface area contributed by atoms with Crippen molar-refractivity contribution in [3.63, 3.8) is 0 Å². The summed E-state index contributed by atoms with van der Waals surface area (Å²) in [6.07, 6.45) is 6.86. The summed E-state index contributed by atoms with van der Waals surface area (Å²) in [5, 5.41) is 0.620. The van der Waals surface area contributed by atoms with Crippen molar-refractivity contribution in [1.82, 2.24) is 14.7 Å². The summed E-state index contributed by atoms with van der Waals surface area (Å²) in [6.45, 7) is 8.32. The predicted octanol–water partition coefficient (Wildman–Crippen LogP) is 4.75. The van der Waals surface area contributed by atoms with Gasteiger partial charge in [-0.3, -0.25) is 14.5 Å². The highest BCUT2D eigenvalue weighted by Gasteiger charge is 2.22. The summed E-state index contributed by atoms with van der Waals surface area (Å²) in [7, 11) is 0. The Kier molecular flexibility index (Phi) is 10.2. The molecule has 2 aromatic rings. The Bertz CT molecular complexity index is 966. The molecule has 2 saturated heterocycles. The molecule has 0 aromatic heterocycles. The smallest absolute Gasteiger partial charge is 0.236 e. The summed E-state index contributed by atoms with van der Waals surface area (Å²) in [6, 6.07) is 14.3. The zero-order chi connectivity index (χ0) is 25.2. The van der Waals surface area contributed by atoms with Gasteiger partial charge in [-0.05, 0) is 93.6 Å². The number of piperidine rings is 1. The second-order valence-corrected chi connectivity index (χ2v) is 10.3. The molecule has 0 atom stereocenters. The van der Waals surface area contributed by atoms with Gasteiger partial charge >= 0.3 is 0 Å². The van der Waals surface area contributed by atoms with Gasteiger partial charge in [0.2, 0.25) is 5.91 Å². The second-order valence-electron chi connectivity index (χ2n) is 9.83. The molecule has 0 saturated carbocycles. The molecule has 7 heteroatoms. The maximum atomic E-state index is 12.6. The Morgan fingerprint density at radius 3 is 2.00 bits per heavy atom. The van der Waals surface area contributed by atoms with Gasteiger partial charge in [0.1, 0.15) is 5.75 Å². The Hall–Kier alpha value is -2.41. The van der Waals surface area contributed by atoms with E-state index < -0.39 is 0 Å². The van der Waals surface area contributed by atoms with Gasteiger partial charge in [0.15, 0.2) is 5.78 Å². The van der Waals surface area contributed by atoms with Gasteiger partial charge in [-0.2, -0.15) is 0 Å². The zero-order valence-electron chi connectivity index (χ0n) is 21.2. The summed E-state index contributed by atoms with van der Waals surface area (Å²) in [4.78, 5) is 31.9. The number of likely N-dealkylation sites (tertiary alicyclic amines) is 1. The third-order valence-electron chi connectivity index (χ3n) is 7.14. The third kappa shape index (κ3) is 8.05. The molecule has 2 aliphatic rings. The number of rotatable bonds is 11. The number of halogens is 1. The fraction of sp³-hybridized carbons (Fsp3) is 0.517. The van der Waals surface area contributed by atoms with E-state index in [9.17, 15) is 9.59 Å². The van der Waals surface area contributed by atoms with E-state index in [1.165, 1.54) is 6.42 Å². The molecule has 0 radical (unpaired) electrons. The maximum Gasteiger partial charge on any atom is 0.236 e. The number of ketones is 1. The molecule has 2 aromatic carbocycles. The van der Waals surface area contributed by atoms with E-state index in [1.807, 2.05) is 29.2 Å². The first-order chi connectivity index (χ1) is 17.6. The van der Waals surface area contributed by atoms with Crippen LogP contribution in [0.15, 0.2) is 48.5 Å². The van der Waals surface area contributed by atoms with Gasteiger partial charge in [0, 0.05) is 55.4 Å². The summed E-state index contributed by atoms with van der Waals surface area (Å²) in [5.74, 6) is 1.08. The molecule has 36 heavy (non-hydrogen) atoms. The lowest BCUT2D eigenvalue weighted by atomic mass is 10.0. The average molecular weight is 512 g/mol. The molecule has 4 rings (SSSR count). The van der Waals surface area contributed by atoms with Gasteiger partial charge in [0.25, 0.3) is 0 Å². The topological polar surface area (TPSA) is 53.1 Å². The van der Waals surface area contributed by atoms with Gasteiger partial charge in [-0.1, -0.05) is 11.6 Å². The molecular formula is C29H38ClN3O3. The van der Waals surface area contributed by atoms with Gasteiger partial charge < -0.3 is 14.5 Å². The standard InChI is InChI=1S/C29H38ClN3O3/c30-26-11-7-24(8-12-26)29(35)25-9-13-27(14-10-25)36-22-6-2-3-15-31-18-20-32(21-19-31)23-28(34)33-16-4-1-5-17-33/h7-14H,1-6,15-23H2. The van der Waals surface area contributed by atoms with E-state index in [4.69, 9.17) is 16.3 Å². The third-order valence-corrected chi connectivity index (χ3v) is 7.39. The van der Waals surface area contributed by atoms with Crippen LogP contribution in [0.2, 0.25) is 5.02 Å². The number of piperazine rings is 1. The Labute approximate surface area is 220 Å². The number of amides is 1. The summed E-state index contributed by atoms with van der Waals surface area (Å²) < 4.78 is 5.87. The quantitative estimate of drug-likeness (QED) is 0.322. The predicted molar refractivity (Wildman–Crippen MR) is 144 cm³/mol. The highest BCUT2D eigenvalue weighted by atomic mass is 35.5. The van der Waals surface area contributed by atoms with Crippen molar-refractivity contribution in [3.05, 3.63) is 64.7 Å².